The summed E-state index contributed by atoms with van der Waals surface area (Å²) in [6, 6.07) is 6.95. The molecule has 1 N–H and O–H groups in total. The van der Waals surface area contributed by atoms with Crippen molar-refractivity contribution in [1.82, 2.24) is 5.43 Å². The number of nitrogens with zero attached hydrogens (tertiary/aromatic N) is 1. The molecule has 0 saturated carbocycles. The summed E-state index contributed by atoms with van der Waals surface area (Å²) in [6.07, 6.45) is 3.46. The second-order valence-electron chi connectivity index (χ2n) is 4.00. The molecular formula is C14H18N2O4S. The number of carbonyl (C=O) groups excluding carboxylic acids is 2. The number of rotatable bonds is 8. The number of ether oxygens (including phenoxy) is 2. The molecule has 0 bridgehead atoms. The second kappa shape index (κ2) is 9.82. The zero-order valence-electron chi connectivity index (χ0n) is 12.0. The SMILES string of the molecule is CSCCOC(=O)COc1ccc(/C=N\NC(C)=O)cc1. The van der Waals surface area contributed by atoms with E-state index in [2.05, 4.69) is 10.5 Å². The Morgan fingerprint density at radius 3 is 2.67 bits per heavy atom. The molecule has 0 aromatic heterocycles. The fourth-order valence-corrected chi connectivity index (χ4v) is 1.52. The van der Waals surface area contributed by atoms with Gasteiger partial charge in [-0.15, -0.1) is 0 Å². The van der Waals surface area contributed by atoms with Crippen LogP contribution in [-0.4, -0.2) is 43.3 Å². The topological polar surface area (TPSA) is 77.0 Å². The Hall–Kier alpha value is -2.02. The summed E-state index contributed by atoms with van der Waals surface area (Å²) in [5.74, 6) is 0.716. The largest absolute Gasteiger partial charge is 0.482 e. The molecule has 1 aromatic rings. The van der Waals surface area contributed by atoms with Gasteiger partial charge in [-0.2, -0.15) is 16.9 Å². The smallest absolute Gasteiger partial charge is 0.344 e. The van der Waals surface area contributed by atoms with Crippen LogP contribution in [0.3, 0.4) is 0 Å². The van der Waals surface area contributed by atoms with E-state index in [9.17, 15) is 9.59 Å². The summed E-state index contributed by atoms with van der Waals surface area (Å²) in [7, 11) is 0. The molecule has 0 unspecified atom stereocenters. The average Bonchev–Trinajstić information content (AvgIpc) is 2.46. The first-order valence-electron chi connectivity index (χ1n) is 6.29. The average molecular weight is 310 g/mol. The van der Waals surface area contributed by atoms with E-state index in [1.165, 1.54) is 13.1 Å². The maximum Gasteiger partial charge on any atom is 0.344 e. The molecule has 0 aliphatic rings. The zero-order valence-corrected chi connectivity index (χ0v) is 12.8. The molecule has 0 saturated heterocycles. The van der Waals surface area contributed by atoms with Crippen LogP contribution in [0, 0.1) is 0 Å². The van der Waals surface area contributed by atoms with Gasteiger partial charge in [0.1, 0.15) is 12.4 Å². The van der Waals surface area contributed by atoms with Gasteiger partial charge in [-0.1, -0.05) is 0 Å². The Morgan fingerprint density at radius 1 is 1.33 bits per heavy atom. The molecule has 0 aliphatic heterocycles. The molecule has 7 heteroatoms. The van der Waals surface area contributed by atoms with E-state index in [0.717, 1.165) is 11.3 Å². The third kappa shape index (κ3) is 7.98. The Morgan fingerprint density at radius 2 is 2.05 bits per heavy atom. The second-order valence-corrected chi connectivity index (χ2v) is 4.98. The normalized spacial score (nSPS) is 10.4. The summed E-state index contributed by atoms with van der Waals surface area (Å²) in [5.41, 5.74) is 3.11. The maximum absolute atomic E-state index is 11.3. The molecule has 0 heterocycles. The van der Waals surface area contributed by atoms with Crippen molar-refractivity contribution in [3.05, 3.63) is 29.8 Å². The predicted octanol–water partition coefficient (Wildman–Crippen LogP) is 1.44. The highest BCUT2D eigenvalue weighted by Gasteiger charge is 2.03. The highest BCUT2D eigenvalue weighted by molar-refractivity contribution is 7.98. The summed E-state index contributed by atoms with van der Waals surface area (Å²) < 4.78 is 10.3. The van der Waals surface area contributed by atoms with Crippen LogP contribution in [-0.2, 0) is 14.3 Å². The van der Waals surface area contributed by atoms with Crippen LogP contribution < -0.4 is 10.2 Å². The third-order valence-corrected chi connectivity index (χ3v) is 2.80. The lowest BCUT2D eigenvalue weighted by molar-refractivity contribution is -0.145. The van der Waals surface area contributed by atoms with Crippen LogP contribution in [0.5, 0.6) is 5.75 Å². The van der Waals surface area contributed by atoms with Gasteiger partial charge in [-0.3, -0.25) is 4.79 Å². The first-order valence-corrected chi connectivity index (χ1v) is 7.68. The molecule has 114 valence electrons. The minimum atomic E-state index is -0.389. The van der Waals surface area contributed by atoms with E-state index >= 15 is 0 Å². The number of hydrazone groups is 1. The lowest BCUT2D eigenvalue weighted by Gasteiger charge is -2.06. The zero-order chi connectivity index (χ0) is 15.5. The van der Waals surface area contributed by atoms with Gasteiger partial charge in [0, 0.05) is 12.7 Å². The number of benzene rings is 1. The fourth-order valence-electron chi connectivity index (χ4n) is 1.27. The maximum atomic E-state index is 11.3. The highest BCUT2D eigenvalue weighted by Crippen LogP contribution is 2.11. The molecule has 6 nitrogen and oxygen atoms in total. The number of amides is 1. The van der Waals surface area contributed by atoms with Crippen LogP contribution in [0.1, 0.15) is 12.5 Å². The van der Waals surface area contributed by atoms with E-state index in [1.54, 1.807) is 36.0 Å². The van der Waals surface area contributed by atoms with Gasteiger partial charge in [0.05, 0.1) is 6.21 Å². The molecule has 1 amide bonds. The number of carbonyl (C=O) groups is 2. The van der Waals surface area contributed by atoms with Gasteiger partial charge in [-0.05, 0) is 36.1 Å². The number of nitrogens with one attached hydrogen (secondary N) is 1. The van der Waals surface area contributed by atoms with Crippen LogP contribution in [0.25, 0.3) is 0 Å². The third-order valence-electron chi connectivity index (χ3n) is 2.22. The van der Waals surface area contributed by atoms with Gasteiger partial charge in [0.2, 0.25) is 5.91 Å². The molecule has 1 aromatic carbocycles. The molecule has 0 fully saturated rings. The Bertz CT molecular complexity index is 488. The molecule has 0 radical (unpaired) electrons. The van der Waals surface area contributed by atoms with E-state index in [-0.39, 0.29) is 18.5 Å². The Balaban J connectivity index is 2.35. The molecular weight excluding hydrogens is 292 g/mol. The van der Waals surface area contributed by atoms with Gasteiger partial charge in [0.25, 0.3) is 0 Å². The van der Waals surface area contributed by atoms with Crippen molar-refractivity contribution in [2.75, 3.05) is 25.2 Å². The summed E-state index contributed by atoms with van der Waals surface area (Å²) >= 11 is 1.61. The molecule has 21 heavy (non-hydrogen) atoms. The first kappa shape index (κ1) is 17.0. The van der Waals surface area contributed by atoms with E-state index in [1.807, 2.05) is 6.26 Å². The first-order chi connectivity index (χ1) is 10.1. The van der Waals surface area contributed by atoms with Gasteiger partial charge < -0.3 is 9.47 Å². The van der Waals surface area contributed by atoms with Gasteiger partial charge >= 0.3 is 5.97 Å². The monoisotopic (exact) mass is 310 g/mol. The van der Waals surface area contributed by atoms with Crippen LogP contribution in [0.15, 0.2) is 29.4 Å². The number of hydrogen-bond acceptors (Lipinski definition) is 6. The van der Waals surface area contributed by atoms with Crippen molar-refractivity contribution in [1.29, 1.82) is 0 Å². The van der Waals surface area contributed by atoms with Gasteiger partial charge in [-0.25, -0.2) is 10.2 Å². The highest BCUT2D eigenvalue weighted by atomic mass is 32.2. The lowest BCUT2D eigenvalue weighted by Crippen LogP contribution is -2.16. The fraction of sp³-hybridized carbons (Fsp3) is 0.357. The van der Waals surface area contributed by atoms with Crippen molar-refractivity contribution in [2.45, 2.75) is 6.92 Å². The van der Waals surface area contributed by atoms with Crippen LogP contribution in [0.2, 0.25) is 0 Å². The standard InChI is InChI=1S/C14H18N2O4S/c1-11(17)16-15-9-12-3-5-13(6-4-12)20-10-14(18)19-7-8-21-2/h3-6,9H,7-8,10H2,1-2H3,(H,16,17)/b15-9-. The van der Waals surface area contributed by atoms with Crippen molar-refractivity contribution in [3.63, 3.8) is 0 Å². The summed E-state index contributed by atoms with van der Waals surface area (Å²) in [5, 5.41) is 3.75. The minimum Gasteiger partial charge on any atom is -0.482 e. The van der Waals surface area contributed by atoms with Crippen molar-refractivity contribution in [2.24, 2.45) is 5.10 Å². The molecule has 0 aliphatic carbocycles. The Kier molecular flexibility index (Phi) is 7.96. The molecule has 0 spiro atoms. The lowest BCUT2D eigenvalue weighted by atomic mass is 10.2. The van der Waals surface area contributed by atoms with Crippen LogP contribution in [0.4, 0.5) is 0 Å². The Labute approximate surface area is 127 Å². The van der Waals surface area contributed by atoms with Crippen LogP contribution >= 0.6 is 11.8 Å². The number of hydrogen-bond donors (Lipinski definition) is 1. The number of thioether (sulfide) groups is 1. The summed E-state index contributed by atoms with van der Waals surface area (Å²) in [4.78, 5) is 22.0. The number of esters is 1. The molecule has 1 rings (SSSR count). The quantitative estimate of drug-likeness (QED) is 0.340. The summed E-state index contributed by atoms with van der Waals surface area (Å²) in [6.45, 7) is 1.65. The van der Waals surface area contributed by atoms with E-state index in [0.29, 0.717) is 12.4 Å². The van der Waals surface area contributed by atoms with E-state index < -0.39 is 0 Å². The van der Waals surface area contributed by atoms with Crippen molar-refractivity contribution < 1.29 is 19.1 Å². The van der Waals surface area contributed by atoms with E-state index in [4.69, 9.17) is 9.47 Å². The molecule has 0 atom stereocenters. The van der Waals surface area contributed by atoms with Gasteiger partial charge in [0.15, 0.2) is 6.61 Å². The van der Waals surface area contributed by atoms with Crippen molar-refractivity contribution in [3.8, 4) is 5.75 Å². The minimum absolute atomic E-state index is 0.117. The predicted molar refractivity (Wildman–Crippen MR) is 82.7 cm³/mol. The van der Waals surface area contributed by atoms with Crippen molar-refractivity contribution >= 4 is 29.9 Å².